The third kappa shape index (κ3) is 6.39. The van der Waals surface area contributed by atoms with E-state index in [0.717, 1.165) is 6.33 Å². The van der Waals surface area contributed by atoms with Crippen LogP contribution in [0.15, 0.2) is 12.7 Å². The number of aromatic nitrogens is 4. The monoisotopic (exact) mass is 559 g/mol. The van der Waals surface area contributed by atoms with Crippen LogP contribution in [0.1, 0.15) is 6.23 Å². The topological polar surface area (TPSA) is 279 Å². The summed E-state index contributed by atoms with van der Waals surface area (Å²) in [6, 6.07) is 0. The first-order valence-corrected chi connectivity index (χ1v) is 12.4. The molecule has 1 aliphatic heterocycles. The molecule has 1 radical (unpaired) electrons. The van der Waals surface area contributed by atoms with Crippen LogP contribution >= 0.6 is 23.5 Å². The van der Waals surface area contributed by atoms with Crippen LogP contribution in [0.25, 0.3) is 11.2 Å². The van der Waals surface area contributed by atoms with Gasteiger partial charge in [0.2, 0.25) is 0 Å². The molecule has 1 aliphatic rings. The van der Waals surface area contributed by atoms with E-state index in [4.69, 9.17) is 25.2 Å². The van der Waals surface area contributed by atoms with Crippen molar-refractivity contribution in [3.05, 3.63) is 12.7 Å². The molecule has 0 amide bonds. The maximum Gasteiger partial charge on any atom is 3.00 e. The van der Waals surface area contributed by atoms with E-state index >= 15 is 0 Å². The Morgan fingerprint density at radius 1 is 1.03 bits per heavy atom. The molecule has 0 bridgehead atoms. The molecule has 0 saturated carbocycles. The van der Waals surface area contributed by atoms with E-state index in [0.29, 0.717) is 0 Å². The Bertz CT molecular complexity index is 1110. The van der Waals surface area contributed by atoms with Crippen molar-refractivity contribution < 1.29 is 78.7 Å². The molecule has 2 aromatic rings. The molecule has 1 saturated heterocycles. The van der Waals surface area contributed by atoms with Crippen LogP contribution < -0.4 is 5.73 Å². The SMILES string of the molecule is Nc1ncnc2c1ncn2[C@@H]1O[C@H](COP(=O)(O)OP(=O)(O)OP(=O)(O)O)[C@@H](O)[C@H]1O.[Cr+3]. The number of nitrogen functional groups attached to an aromatic ring is 1. The zero-order valence-corrected chi connectivity index (χ0v) is 19.3. The van der Waals surface area contributed by atoms with Gasteiger partial charge < -0.3 is 40.3 Å². The summed E-state index contributed by atoms with van der Waals surface area (Å²) in [5.74, 6) is 0.0426. The van der Waals surface area contributed by atoms with E-state index in [1.165, 1.54) is 10.9 Å². The number of fused-ring (bicyclic) bond motifs is 1. The fraction of sp³-hybridized carbons (Fsp3) is 0.500. The molecule has 2 unspecified atom stereocenters. The van der Waals surface area contributed by atoms with Gasteiger partial charge >= 0.3 is 40.8 Å². The van der Waals surface area contributed by atoms with Gasteiger partial charge in [-0.25, -0.2) is 28.6 Å². The number of hydrogen-bond donors (Lipinski definition) is 7. The number of nitrogens with zero attached hydrogens (tertiary/aromatic N) is 4. The van der Waals surface area contributed by atoms with Crippen LogP contribution in [0.5, 0.6) is 0 Å². The van der Waals surface area contributed by atoms with Crippen LogP contribution in [0.3, 0.4) is 0 Å². The van der Waals surface area contributed by atoms with Crippen molar-refractivity contribution in [3.63, 3.8) is 0 Å². The summed E-state index contributed by atoms with van der Waals surface area (Å²) >= 11 is 0. The molecule has 8 N–H and O–H groups in total. The quantitative estimate of drug-likeness (QED) is 0.179. The number of anilines is 1. The molecular weight excluding hydrogens is 543 g/mol. The molecule has 0 spiro atoms. The van der Waals surface area contributed by atoms with Crippen LogP contribution in [0, 0.1) is 0 Å². The number of rotatable bonds is 8. The molecular formula is C10H16CrN5O13P3+3. The van der Waals surface area contributed by atoms with E-state index in [2.05, 4.69) is 28.1 Å². The van der Waals surface area contributed by atoms with Gasteiger partial charge in [0.05, 0.1) is 12.9 Å². The Labute approximate surface area is 188 Å². The smallest absolute Gasteiger partial charge is 0.387 e. The number of phosphoric ester groups is 1. The average molecular weight is 559 g/mol. The zero-order valence-electron chi connectivity index (χ0n) is 15.3. The molecule has 2 aromatic heterocycles. The summed E-state index contributed by atoms with van der Waals surface area (Å²) in [7, 11) is -16.7. The van der Waals surface area contributed by atoms with Crippen molar-refractivity contribution in [1.29, 1.82) is 0 Å². The van der Waals surface area contributed by atoms with Crippen molar-refractivity contribution in [1.82, 2.24) is 19.5 Å². The minimum atomic E-state index is -5.70. The molecule has 177 valence electrons. The fourth-order valence-electron chi connectivity index (χ4n) is 2.62. The van der Waals surface area contributed by atoms with Gasteiger partial charge in [0.15, 0.2) is 17.7 Å². The standard InChI is InChI=1S/C10H16N5O13P3.Cr/c11-8-5-9(13-2-12-8)15(3-14-5)10-7(17)6(16)4(26-10)1-25-30(21,22)28-31(23,24)27-29(18,19)20;/h2-4,6-7,10,16-17H,1H2,(H,21,22)(H,23,24)(H2,11,12,13)(H2,18,19,20);/q;+3/t4-,6-,7-,10-;/m1./s1. The van der Waals surface area contributed by atoms with Gasteiger partial charge in [-0.1, -0.05) is 0 Å². The molecule has 3 heterocycles. The Hall–Kier alpha value is -0.828. The largest absolute Gasteiger partial charge is 3.00 e. The summed E-state index contributed by atoms with van der Waals surface area (Å²) in [4.78, 5) is 47.2. The summed E-state index contributed by atoms with van der Waals surface area (Å²) in [5.41, 5.74) is 6.00. The van der Waals surface area contributed by atoms with E-state index < -0.39 is 54.6 Å². The van der Waals surface area contributed by atoms with Crippen LogP contribution in [0.2, 0.25) is 0 Å². The summed E-state index contributed by atoms with van der Waals surface area (Å²) in [5, 5.41) is 20.4. The van der Waals surface area contributed by atoms with Crippen molar-refractivity contribution >= 4 is 40.4 Å². The Kier molecular flexibility index (Phi) is 8.40. The van der Waals surface area contributed by atoms with Crippen LogP contribution in [-0.2, 0) is 48.9 Å². The minimum Gasteiger partial charge on any atom is -0.387 e. The second kappa shape index (κ2) is 9.81. The van der Waals surface area contributed by atoms with Gasteiger partial charge in [-0.2, -0.15) is 8.62 Å². The van der Waals surface area contributed by atoms with Crippen molar-refractivity contribution in [3.8, 4) is 0 Å². The number of hydrogen-bond acceptors (Lipinski definition) is 13. The second-order valence-corrected chi connectivity index (χ2v) is 10.4. The van der Waals surface area contributed by atoms with Gasteiger partial charge in [-0.05, 0) is 0 Å². The second-order valence-electron chi connectivity index (χ2n) is 6.02. The van der Waals surface area contributed by atoms with Gasteiger partial charge in [0.25, 0.3) is 0 Å². The minimum absolute atomic E-state index is 0. The number of aliphatic hydroxyl groups excluding tert-OH is 2. The Morgan fingerprint density at radius 2 is 1.69 bits per heavy atom. The maximum atomic E-state index is 11.8. The van der Waals surface area contributed by atoms with Crippen molar-refractivity contribution in [2.24, 2.45) is 0 Å². The normalized spacial score (nSPS) is 27.6. The zero-order chi connectivity index (χ0) is 23.2. The Balaban J connectivity index is 0.00000363. The summed E-state index contributed by atoms with van der Waals surface area (Å²) in [6.07, 6.45) is -3.69. The van der Waals surface area contributed by atoms with E-state index in [-0.39, 0.29) is 34.3 Å². The Morgan fingerprint density at radius 3 is 2.31 bits per heavy atom. The van der Waals surface area contributed by atoms with Crippen molar-refractivity contribution in [2.45, 2.75) is 24.5 Å². The molecule has 32 heavy (non-hydrogen) atoms. The fourth-order valence-corrected chi connectivity index (χ4v) is 5.65. The molecule has 0 aromatic carbocycles. The number of imidazole rings is 1. The van der Waals surface area contributed by atoms with Gasteiger partial charge in [-0.15, -0.1) is 0 Å². The van der Waals surface area contributed by atoms with Gasteiger partial charge in [-0.3, -0.25) is 9.09 Å². The third-order valence-electron chi connectivity index (χ3n) is 3.82. The van der Waals surface area contributed by atoms with Crippen molar-refractivity contribution in [2.75, 3.05) is 12.3 Å². The molecule has 6 atom stereocenters. The predicted molar refractivity (Wildman–Crippen MR) is 95.5 cm³/mol. The first kappa shape index (κ1) is 27.4. The van der Waals surface area contributed by atoms with Crippen LogP contribution in [-0.4, -0.2) is 74.2 Å². The molecule has 1 fully saturated rings. The third-order valence-corrected chi connectivity index (χ3v) is 7.62. The van der Waals surface area contributed by atoms with Crippen LogP contribution in [0.4, 0.5) is 5.82 Å². The number of ether oxygens (including phenoxy) is 1. The summed E-state index contributed by atoms with van der Waals surface area (Å²) in [6.45, 7) is -0.956. The average Bonchev–Trinajstić information content (AvgIpc) is 3.13. The van der Waals surface area contributed by atoms with E-state index in [1.807, 2.05) is 0 Å². The first-order valence-electron chi connectivity index (χ1n) is 7.92. The number of nitrogens with two attached hydrogens (primary N) is 1. The number of phosphoric acid groups is 3. The number of aliphatic hydroxyl groups is 2. The maximum absolute atomic E-state index is 11.8. The van der Waals surface area contributed by atoms with E-state index in [1.54, 1.807) is 0 Å². The van der Waals surface area contributed by atoms with Gasteiger partial charge in [0, 0.05) is 0 Å². The van der Waals surface area contributed by atoms with E-state index in [9.17, 15) is 28.8 Å². The predicted octanol–water partition coefficient (Wildman–Crippen LogP) is -1.63. The molecule has 18 nitrogen and oxygen atoms in total. The van der Waals surface area contributed by atoms with Gasteiger partial charge in [0.1, 0.15) is 30.2 Å². The molecule has 0 aliphatic carbocycles. The molecule has 3 rings (SSSR count). The first-order chi connectivity index (χ1) is 14.2. The summed E-state index contributed by atoms with van der Waals surface area (Å²) < 4.78 is 51.9. The molecule has 22 heteroatoms.